The molecule has 0 saturated carbocycles. The molecule has 0 aromatic heterocycles. The highest BCUT2D eigenvalue weighted by molar-refractivity contribution is 7.80. The van der Waals surface area contributed by atoms with Gasteiger partial charge in [-0.2, -0.15) is 0 Å². The summed E-state index contributed by atoms with van der Waals surface area (Å²) in [6.07, 6.45) is 0. The van der Waals surface area contributed by atoms with Gasteiger partial charge in [-0.3, -0.25) is 4.79 Å². The quantitative estimate of drug-likeness (QED) is 0.707. The fourth-order valence-corrected chi connectivity index (χ4v) is 1.73. The molecule has 0 aliphatic rings. The number of amides is 1. The van der Waals surface area contributed by atoms with Gasteiger partial charge in [-0.15, -0.1) is 0 Å². The molecule has 0 radical (unpaired) electrons. The number of nitrogens with two attached hydrogens (primary N) is 1. The fraction of sp³-hybridized carbons (Fsp3) is 0.333. The summed E-state index contributed by atoms with van der Waals surface area (Å²) in [7, 11) is 0. The molecule has 1 amide bonds. The number of likely N-dealkylation sites (N-methyl/N-ethyl adjacent to an activating group) is 1. The Morgan fingerprint density at radius 3 is 2.78 bits per heavy atom. The number of hydrogen-bond acceptors (Lipinski definition) is 3. The normalized spacial score (nSPS) is 11.7. The lowest BCUT2D eigenvalue weighted by molar-refractivity contribution is -0.121. The molecule has 1 aromatic carbocycles. The lowest BCUT2D eigenvalue weighted by Gasteiger charge is -2.17. The van der Waals surface area contributed by atoms with Gasteiger partial charge >= 0.3 is 0 Å². The van der Waals surface area contributed by atoms with E-state index < -0.39 is 11.9 Å². The summed E-state index contributed by atoms with van der Waals surface area (Å²) >= 11 is 4.80. The molecule has 6 heteroatoms. The molecule has 0 spiro atoms. The average Bonchev–Trinajstić information content (AvgIpc) is 2.28. The lowest BCUT2D eigenvalue weighted by Crippen LogP contribution is -2.37. The second-order valence-electron chi connectivity index (χ2n) is 3.79. The molecule has 18 heavy (non-hydrogen) atoms. The van der Waals surface area contributed by atoms with Crippen molar-refractivity contribution < 1.29 is 9.18 Å². The van der Waals surface area contributed by atoms with Crippen LogP contribution in [0.5, 0.6) is 0 Å². The molecule has 98 valence electrons. The minimum atomic E-state index is -0.504. The van der Waals surface area contributed by atoms with E-state index in [0.29, 0.717) is 12.2 Å². The fourth-order valence-electron chi connectivity index (χ4n) is 1.52. The number of carbonyl (C=O) groups is 1. The molecule has 4 nitrogen and oxygen atoms in total. The van der Waals surface area contributed by atoms with Gasteiger partial charge in [0.25, 0.3) is 0 Å². The first-order valence-corrected chi connectivity index (χ1v) is 6.00. The summed E-state index contributed by atoms with van der Waals surface area (Å²) in [5.74, 6) is -0.675. The summed E-state index contributed by atoms with van der Waals surface area (Å²) in [6, 6.07) is 3.94. The van der Waals surface area contributed by atoms with Crippen molar-refractivity contribution in [2.75, 3.05) is 11.9 Å². The van der Waals surface area contributed by atoms with Crippen LogP contribution in [0.25, 0.3) is 0 Å². The molecule has 0 aliphatic carbocycles. The smallest absolute Gasteiger partial charge is 0.242 e. The Morgan fingerprint density at radius 2 is 2.22 bits per heavy atom. The van der Waals surface area contributed by atoms with Gasteiger partial charge in [0.15, 0.2) is 0 Å². The van der Waals surface area contributed by atoms with Crippen LogP contribution in [-0.2, 0) is 4.79 Å². The van der Waals surface area contributed by atoms with Gasteiger partial charge in [0.05, 0.1) is 5.56 Å². The van der Waals surface area contributed by atoms with Crippen LogP contribution in [0.4, 0.5) is 10.1 Å². The number of benzene rings is 1. The average molecular weight is 269 g/mol. The predicted octanol–water partition coefficient (Wildman–Crippen LogP) is 1.40. The van der Waals surface area contributed by atoms with Gasteiger partial charge in [0.2, 0.25) is 5.91 Å². The van der Waals surface area contributed by atoms with Gasteiger partial charge < -0.3 is 16.4 Å². The van der Waals surface area contributed by atoms with Crippen LogP contribution in [0.3, 0.4) is 0 Å². The zero-order valence-corrected chi connectivity index (χ0v) is 11.1. The Balaban J connectivity index is 2.94. The Labute approximate surface area is 111 Å². The van der Waals surface area contributed by atoms with Gasteiger partial charge in [-0.25, -0.2) is 4.39 Å². The molecule has 0 bridgehead atoms. The van der Waals surface area contributed by atoms with Gasteiger partial charge in [0.1, 0.15) is 16.8 Å². The molecular formula is C12H16FN3OS. The van der Waals surface area contributed by atoms with E-state index in [1.165, 1.54) is 12.1 Å². The number of halogens is 1. The van der Waals surface area contributed by atoms with E-state index in [9.17, 15) is 9.18 Å². The highest BCUT2D eigenvalue weighted by atomic mass is 32.1. The largest absolute Gasteiger partial charge is 0.389 e. The summed E-state index contributed by atoms with van der Waals surface area (Å²) in [6.45, 7) is 4.04. The van der Waals surface area contributed by atoms with Crippen molar-refractivity contribution in [2.24, 2.45) is 5.73 Å². The van der Waals surface area contributed by atoms with E-state index in [-0.39, 0.29) is 16.5 Å². The molecule has 0 aliphatic heterocycles. The minimum absolute atomic E-state index is 0.0429. The number of nitrogens with one attached hydrogen (secondary N) is 2. The first-order valence-electron chi connectivity index (χ1n) is 5.60. The number of anilines is 1. The Hall–Kier alpha value is -1.69. The van der Waals surface area contributed by atoms with E-state index in [1.807, 2.05) is 6.92 Å². The van der Waals surface area contributed by atoms with Crippen LogP contribution in [-0.4, -0.2) is 23.5 Å². The van der Waals surface area contributed by atoms with Crippen molar-refractivity contribution >= 4 is 28.8 Å². The molecule has 0 heterocycles. The Kier molecular flexibility index (Phi) is 5.03. The predicted molar refractivity (Wildman–Crippen MR) is 74.1 cm³/mol. The monoisotopic (exact) mass is 269 g/mol. The molecule has 1 atom stereocenters. The first-order chi connectivity index (χ1) is 8.47. The van der Waals surface area contributed by atoms with Gasteiger partial charge in [0, 0.05) is 12.2 Å². The van der Waals surface area contributed by atoms with Crippen LogP contribution in [0, 0.1) is 5.82 Å². The summed E-state index contributed by atoms with van der Waals surface area (Å²) < 4.78 is 13.6. The standard InChI is InChI=1S/C12H16FN3OS/c1-3-15-12(17)7(2)16-9-6-4-5-8(13)10(9)11(14)18/h4-7,16H,3H2,1-2H3,(H2,14,18)(H,15,17). The molecule has 1 rings (SSSR count). The Morgan fingerprint density at radius 1 is 1.56 bits per heavy atom. The van der Waals surface area contributed by atoms with Gasteiger partial charge in [-0.05, 0) is 26.0 Å². The van der Waals surface area contributed by atoms with E-state index in [4.69, 9.17) is 18.0 Å². The summed E-state index contributed by atoms with van der Waals surface area (Å²) in [4.78, 5) is 11.5. The van der Waals surface area contributed by atoms with Crippen LogP contribution >= 0.6 is 12.2 Å². The number of carbonyl (C=O) groups excluding carboxylic acids is 1. The highest BCUT2D eigenvalue weighted by Gasteiger charge is 2.16. The van der Waals surface area contributed by atoms with Crippen LogP contribution in [0.1, 0.15) is 19.4 Å². The second kappa shape index (κ2) is 6.30. The summed E-state index contributed by atoms with van der Waals surface area (Å²) in [5.41, 5.74) is 6.02. The first kappa shape index (κ1) is 14.4. The van der Waals surface area contributed by atoms with Crippen molar-refractivity contribution in [3.05, 3.63) is 29.6 Å². The van der Waals surface area contributed by atoms with E-state index in [1.54, 1.807) is 13.0 Å². The maximum Gasteiger partial charge on any atom is 0.242 e. The van der Waals surface area contributed by atoms with Crippen molar-refractivity contribution in [1.82, 2.24) is 5.32 Å². The van der Waals surface area contributed by atoms with E-state index in [0.717, 1.165) is 0 Å². The van der Waals surface area contributed by atoms with Crippen LogP contribution < -0.4 is 16.4 Å². The van der Waals surface area contributed by atoms with E-state index >= 15 is 0 Å². The molecule has 0 saturated heterocycles. The van der Waals surface area contributed by atoms with Crippen molar-refractivity contribution in [2.45, 2.75) is 19.9 Å². The number of hydrogen-bond donors (Lipinski definition) is 3. The third-order valence-corrected chi connectivity index (χ3v) is 2.58. The molecule has 1 aromatic rings. The van der Waals surface area contributed by atoms with E-state index in [2.05, 4.69) is 10.6 Å². The molecule has 1 unspecified atom stereocenters. The van der Waals surface area contributed by atoms with Gasteiger partial charge in [-0.1, -0.05) is 18.3 Å². The lowest BCUT2D eigenvalue weighted by atomic mass is 10.1. The SMILES string of the molecule is CCNC(=O)C(C)Nc1cccc(F)c1C(N)=S. The third kappa shape index (κ3) is 3.40. The van der Waals surface area contributed by atoms with Crippen molar-refractivity contribution in [3.63, 3.8) is 0 Å². The number of thiocarbonyl (C=S) groups is 1. The maximum atomic E-state index is 13.6. The molecular weight excluding hydrogens is 253 g/mol. The second-order valence-corrected chi connectivity index (χ2v) is 4.23. The van der Waals surface area contributed by atoms with Crippen molar-refractivity contribution in [3.8, 4) is 0 Å². The Bertz CT molecular complexity index is 465. The third-order valence-electron chi connectivity index (χ3n) is 2.38. The zero-order valence-electron chi connectivity index (χ0n) is 10.3. The number of rotatable bonds is 5. The zero-order chi connectivity index (χ0) is 13.7. The van der Waals surface area contributed by atoms with Crippen molar-refractivity contribution in [1.29, 1.82) is 0 Å². The minimum Gasteiger partial charge on any atom is -0.389 e. The van der Waals surface area contributed by atoms with Crippen LogP contribution in [0.15, 0.2) is 18.2 Å². The topological polar surface area (TPSA) is 67.2 Å². The highest BCUT2D eigenvalue weighted by Crippen LogP contribution is 2.19. The maximum absolute atomic E-state index is 13.6. The van der Waals surface area contributed by atoms with Crippen LogP contribution in [0.2, 0.25) is 0 Å². The summed E-state index contributed by atoms with van der Waals surface area (Å²) in [5, 5.41) is 5.57. The molecule has 4 N–H and O–H groups in total. The molecule has 0 fully saturated rings.